The number of amides is 1. The molecule has 0 saturated carbocycles. The van der Waals surface area contributed by atoms with Gasteiger partial charge in [-0.3, -0.25) is 14.5 Å². The molecular weight excluding hydrogens is 244 g/mol. The van der Waals surface area contributed by atoms with E-state index >= 15 is 0 Å². The fourth-order valence-electron chi connectivity index (χ4n) is 2.21. The summed E-state index contributed by atoms with van der Waals surface area (Å²) < 4.78 is 0. The van der Waals surface area contributed by atoms with E-state index < -0.39 is 5.97 Å². The second-order valence-electron chi connectivity index (χ2n) is 5.65. The molecule has 19 heavy (non-hydrogen) atoms. The third-order valence-electron chi connectivity index (χ3n) is 3.53. The van der Waals surface area contributed by atoms with Gasteiger partial charge >= 0.3 is 5.97 Å². The van der Waals surface area contributed by atoms with Crippen molar-refractivity contribution in [2.45, 2.75) is 39.5 Å². The van der Waals surface area contributed by atoms with E-state index in [2.05, 4.69) is 18.7 Å². The van der Waals surface area contributed by atoms with E-state index in [4.69, 9.17) is 5.11 Å². The van der Waals surface area contributed by atoms with Gasteiger partial charge in [0.15, 0.2) is 0 Å². The molecule has 0 aromatic rings. The van der Waals surface area contributed by atoms with Crippen LogP contribution in [0.25, 0.3) is 0 Å². The molecule has 0 atom stereocenters. The van der Waals surface area contributed by atoms with Gasteiger partial charge in [0.05, 0.1) is 0 Å². The summed E-state index contributed by atoms with van der Waals surface area (Å²) in [6.45, 7) is 9.01. The first-order chi connectivity index (χ1) is 8.99. The van der Waals surface area contributed by atoms with Crippen molar-refractivity contribution in [3.63, 3.8) is 0 Å². The van der Waals surface area contributed by atoms with Gasteiger partial charge in [0.2, 0.25) is 5.91 Å². The van der Waals surface area contributed by atoms with Gasteiger partial charge in [-0.05, 0) is 25.3 Å². The third kappa shape index (κ3) is 6.57. The van der Waals surface area contributed by atoms with Crippen LogP contribution >= 0.6 is 0 Å². The molecule has 5 heteroatoms. The molecule has 1 heterocycles. The number of rotatable bonds is 7. The molecule has 1 amide bonds. The van der Waals surface area contributed by atoms with Crippen molar-refractivity contribution < 1.29 is 14.7 Å². The Hall–Kier alpha value is -1.10. The van der Waals surface area contributed by atoms with Gasteiger partial charge in [0, 0.05) is 39.0 Å². The standard InChI is InChI=1S/C14H26N2O3/c1-12(2)6-7-15-8-10-16(11-9-15)13(17)4-3-5-14(18)19/h12H,3-11H2,1-2H3,(H,18,19). The van der Waals surface area contributed by atoms with Crippen LogP contribution in [-0.2, 0) is 9.59 Å². The van der Waals surface area contributed by atoms with E-state index in [0.717, 1.165) is 38.6 Å². The lowest BCUT2D eigenvalue weighted by Crippen LogP contribution is -2.48. The summed E-state index contributed by atoms with van der Waals surface area (Å²) in [7, 11) is 0. The Balaban J connectivity index is 2.18. The van der Waals surface area contributed by atoms with Crippen LogP contribution in [-0.4, -0.2) is 59.5 Å². The van der Waals surface area contributed by atoms with Crippen LogP contribution in [0.5, 0.6) is 0 Å². The summed E-state index contributed by atoms with van der Waals surface area (Å²) in [4.78, 5) is 26.5. The minimum Gasteiger partial charge on any atom is -0.481 e. The number of carbonyl (C=O) groups excluding carboxylic acids is 1. The Labute approximate surface area is 115 Å². The number of hydrogen-bond acceptors (Lipinski definition) is 3. The fourth-order valence-corrected chi connectivity index (χ4v) is 2.21. The summed E-state index contributed by atoms with van der Waals surface area (Å²) in [5.74, 6) is -0.00764. The Morgan fingerprint density at radius 2 is 1.74 bits per heavy atom. The van der Waals surface area contributed by atoms with Crippen LogP contribution in [0.1, 0.15) is 39.5 Å². The van der Waals surface area contributed by atoms with Gasteiger partial charge in [-0.25, -0.2) is 0 Å². The predicted molar refractivity (Wildman–Crippen MR) is 74.0 cm³/mol. The van der Waals surface area contributed by atoms with Crippen LogP contribution in [0.2, 0.25) is 0 Å². The molecule has 0 radical (unpaired) electrons. The van der Waals surface area contributed by atoms with Gasteiger partial charge in [-0.15, -0.1) is 0 Å². The van der Waals surface area contributed by atoms with Gasteiger partial charge in [-0.1, -0.05) is 13.8 Å². The normalized spacial score (nSPS) is 16.9. The van der Waals surface area contributed by atoms with E-state index in [1.165, 1.54) is 6.42 Å². The van der Waals surface area contributed by atoms with Crippen LogP contribution in [0.15, 0.2) is 0 Å². The molecule has 0 aromatic heterocycles. The van der Waals surface area contributed by atoms with Crippen LogP contribution in [0, 0.1) is 5.92 Å². The molecule has 1 N–H and O–H groups in total. The summed E-state index contributed by atoms with van der Waals surface area (Å²) in [5.41, 5.74) is 0. The second-order valence-corrected chi connectivity index (χ2v) is 5.65. The highest BCUT2D eigenvalue weighted by atomic mass is 16.4. The lowest BCUT2D eigenvalue weighted by atomic mass is 10.1. The molecule has 1 rings (SSSR count). The summed E-state index contributed by atoms with van der Waals surface area (Å²) in [6.07, 6.45) is 2.09. The summed E-state index contributed by atoms with van der Waals surface area (Å²) >= 11 is 0. The average Bonchev–Trinajstić information content (AvgIpc) is 2.36. The summed E-state index contributed by atoms with van der Waals surface area (Å²) in [5, 5.41) is 8.54. The number of carboxylic acids is 1. The SMILES string of the molecule is CC(C)CCN1CCN(C(=O)CCCC(=O)O)CC1. The number of aliphatic carboxylic acids is 1. The first-order valence-electron chi connectivity index (χ1n) is 7.21. The van der Waals surface area contributed by atoms with E-state index in [-0.39, 0.29) is 12.3 Å². The van der Waals surface area contributed by atoms with Crippen molar-refractivity contribution in [3.05, 3.63) is 0 Å². The van der Waals surface area contributed by atoms with Crippen molar-refractivity contribution >= 4 is 11.9 Å². The van der Waals surface area contributed by atoms with E-state index in [1.807, 2.05) is 4.90 Å². The van der Waals surface area contributed by atoms with Crippen molar-refractivity contribution in [1.82, 2.24) is 9.80 Å². The number of carboxylic acid groups (broad SMARTS) is 1. The molecule has 1 aliphatic heterocycles. The topological polar surface area (TPSA) is 60.9 Å². The van der Waals surface area contributed by atoms with Crippen LogP contribution < -0.4 is 0 Å². The highest BCUT2D eigenvalue weighted by molar-refractivity contribution is 5.77. The second kappa shape index (κ2) is 8.15. The number of carbonyl (C=O) groups is 2. The third-order valence-corrected chi connectivity index (χ3v) is 3.53. The lowest BCUT2D eigenvalue weighted by Gasteiger charge is -2.35. The minimum absolute atomic E-state index is 0.0834. The molecule has 0 aromatic carbocycles. The Morgan fingerprint density at radius 3 is 2.26 bits per heavy atom. The fraction of sp³-hybridized carbons (Fsp3) is 0.857. The van der Waals surface area contributed by atoms with Gasteiger partial charge in [-0.2, -0.15) is 0 Å². The molecule has 1 fully saturated rings. The zero-order chi connectivity index (χ0) is 14.3. The molecule has 0 bridgehead atoms. The van der Waals surface area contributed by atoms with Crippen LogP contribution in [0.4, 0.5) is 0 Å². The zero-order valence-electron chi connectivity index (χ0n) is 12.1. The zero-order valence-corrected chi connectivity index (χ0v) is 12.1. The van der Waals surface area contributed by atoms with E-state index in [0.29, 0.717) is 12.8 Å². The smallest absolute Gasteiger partial charge is 0.303 e. The van der Waals surface area contributed by atoms with Gasteiger partial charge in [0.25, 0.3) is 0 Å². The Morgan fingerprint density at radius 1 is 1.11 bits per heavy atom. The Bertz CT molecular complexity index is 297. The average molecular weight is 270 g/mol. The lowest BCUT2D eigenvalue weighted by molar-refractivity contribution is -0.137. The largest absolute Gasteiger partial charge is 0.481 e. The molecule has 0 aliphatic carbocycles. The molecule has 0 unspecified atom stereocenters. The molecule has 1 saturated heterocycles. The van der Waals surface area contributed by atoms with E-state index in [1.54, 1.807) is 0 Å². The molecule has 1 aliphatic rings. The predicted octanol–water partition coefficient (Wildman–Crippen LogP) is 1.43. The van der Waals surface area contributed by atoms with Crippen molar-refractivity contribution in [3.8, 4) is 0 Å². The van der Waals surface area contributed by atoms with Crippen molar-refractivity contribution in [1.29, 1.82) is 0 Å². The maximum Gasteiger partial charge on any atom is 0.303 e. The maximum atomic E-state index is 11.9. The monoisotopic (exact) mass is 270 g/mol. The van der Waals surface area contributed by atoms with Crippen LogP contribution in [0.3, 0.4) is 0 Å². The first kappa shape index (κ1) is 16.0. The van der Waals surface area contributed by atoms with Crippen molar-refractivity contribution in [2.75, 3.05) is 32.7 Å². The molecule has 5 nitrogen and oxygen atoms in total. The maximum absolute atomic E-state index is 11.9. The number of nitrogens with zero attached hydrogens (tertiary/aromatic N) is 2. The van der Waals surface area contributed by atoms with Gasteiger partial charge < -0.3 is 10.0 Å². The first-order valence-corrected chi connectivity index (χ1v) is 7.21. The Kier molecular flexibility index (Phi) is 6.84. The van der Waals surface area contributed by atoms with Gasteiger partial charge in [0.1, 0.15) is 0 Å². The minimum atomic E-state index is -0.827. The van der Waals surface area contributed by atoms with Crippen molar-refractivity contribution in [2.24, 2.45) is 5.92 Å². The van der Waals surface area contributed by atoms with E-state index in [9.17, 15) is 9.59 Å². The quantitative estimate of drug-likeness (QED) is 0.760. The number of hydrogen-bond donors (Lipinski definition) is 1. The highest BCUT2D eigenvalue weighted by Crippen LogP contribution is 2.08. The number of piperazine rings is 1. The molecular formula is C14H26N2O3. The molecule has 110 valence electrons. The molecule has 0 spiro atoms. The summed E-state index contributed by atoms with van der Waals surface area (Å²) in [6, 6.07) is 0. The highest BCUT2D eigenvalue weighted by Gasteiger charge is 2.20.